The zero-order chi connectivity index (χ0) is 28.1. The van der Waals surface area contributed by atoms with Gasteiger partial charge in [0, 0.05) is 35.3 Å². The van der Waals surface area contributed by atoms with Crippen molar-refractivity contribution in [2.75, 3.05) is 23.7 Å². The van der Waals surface area contributed by atoms with Crippen LogP contribution in [0.4, 0.5) is 11.4 Å². The van der Waals surface area contributed by atoms with Crippen LogP contribution in [0.5, 0.6) is 0 Å². The Kier molecular flexibility index (Phi) is 10.3. The van der Waals surface area contributed by atoms with Crippen LogP contribution in [-0.2, 0) is 26.2 Å². The van der Waals surface area contributed by atoms with Crippen molar-refractivity contribution in [2.45, 2.75) is 40.3 Å². The quantitative estimate of drug-likeness (QED) is 0.317. The first-order valence-electron chi connectivity index (χ1n) is 11.4. The number of nitro benzene ring substituents is 1. The molecule has 13 heteroatoms. The number of hydrogen-bond donors (Lipinski definition) is 1. The number of hydrogen-bond acceptors (Lipinski definition) is 6. The molecule has 0 aromatic heterocycles. The molecule has 0 aliphatic heterocycles. The number of nitrogens with zero attached hydrogens (tertiary/aromatic N) is 3. The Balaban J connectivity index is 2.49. The van der Waals surface area contributed by atoms with E-state index in [2.05, 4.69) is 5.32 Å². The Morgan fingerprint density at radius 2 is 1.76 bits per heavy atom. The summed E-state index contributed by atoms with van der Waals surface area (Å²) in [5.41, 5.74) is 0.582. The Morgan fingerprint density at radius 1 is 1.11 bits per heavy atom. The molecule has 0 heterocycles. The number of halogens is 2. The lowest BCUT2D eigenvalue weighted by molar-refractivity contribution is -0.384. The van der Waals surface area contributed by atoms with Gasteiger partial charge in [-0.3, -0.25) is 24.0 Å². The van der Waals surface area contributed by atoms with Crippen molar-refractivity contribution in [1.29, 1.82) is 0 Å². The maximum atomic E-state index is 13.6. The summed E-state index contributed by atoms with van der Waals surface area (Å²) >= 11 is 12.3. The molecule has 202 valence electrons. The number of non-ortho nitro benzene ring substituents is 1. The number of benzene rings is 2. The van der Waals surface area contributed by atoms with Crippen LogP contribution >= 0.6 is 23.2 Å². The van der Waals surface area contributed by atoms with Crippen LogP contribution in [0.3, 0.4) is 0 Å². The molecular weight excluding hydrogens is 543 g/mol. The van der Waals surface area contributed by atoms with Crippen LogP contribution in [0.25, 0.3) is 0 Å². The number of nitrogens with one attached hydrogen (secondary N) is 1. The summed E-state index contributed by atoms with van der Waals surface area (Å²) in [6, 6.07) is 7.47. The second kappa shape index (κ2) is 12.6. The summed E-state index contributed by atoms with van der Waals surface area (Å²) < 4.78 is 26.2. The molecule has 37 heavy (non-hydrogen) atoms. The number of rotatable bonds is 11. The van der Waals surface area contributed by atoms with Gasteiger partial charge in [-0.25, -0.2) is 8.42 Å². The molecule has 0 radical (unpaired) electrons. The van der Waals surface area contributed by atoms with E-state index in [0.717, 1.165) is 16.6 Å². The lowest BCUT2D eigenvalue weighted by Crippen LogP contribution is -2.51. The molecule has 2 aromatic rings. The Morgan fingerprint density at radius 3 is 2.30 bits per heavy atom. The third kappa shape index (κ3) is 8.31. The van der Waals surface area contributed by atoms with Crippen LogP contribution < -0.4 is 9.62 Å². The van der Waals surface area contributed by atoms with Crippen molar-refractivity contribution in [3.63, 3.8) is 0 Å². The second-order valence-corrected chi connectivity index (χ2v) is 11.8. The molecule has 0 saturated carbocycles. The molecule has 10 nitrogen and oxygen atoms in total. The number of aryl methyl sites for hydroxylation is 1. The van der Waals surface area contributed by atoms with Gasteiger partial charge >= 0.3 is 0 Å². The molecule has 0 bridgehead atoms. The Bertz CT molecular complexity index is 1290. The zero-order valence-corrected chi connectivity index (χ0v) is 23.5. The predicted octanol–water partition coefficient (Wildman–Crippen LogP) is 4.17. The van der Waals surface area contributed by atoms with Crippen molar-refractivity contribution in [2.24, 2.45) is 5.92 Å². The fourth-order valence-electron chi connectivity index (χ4n) is 3.44. The molecule has 2 amide bonds. The first kappa shape index (κ1) is 30.3. The largest absolute Gasteiger partial charge is 0.354 e. The number of anilines is 1. The lowest BCUT2D eigenvalue weighted by Gasteiger charge is -2.32. The second-order valence-electron chi connectivity index (χ2n) is 9.07. The van der Waals surface area contributed by atoms with Gasteiger partial charge in [0.15, 0.2) is 0 Å². The summed E-state index contributed by atoms with van der Waals surface area (Å²) in [5, 5.41) is 14.7. The third-order valence-electron chi connectivity index (χ3n) is 5.56. The van der Waals surface area contributed by atoms with Gasteiger partial charge in [0.05, 0.1) is 16.9 Å². The van der Waals surface area contributed by atoms with E-state index in [4.69, 9.17) is 23.2 Å². The lowest BCUT2D eigenvalue weighted by atomic mass is 10.1. The van der Waals surface area contributed by atoms with E-state index in [9.17, 15) is 28.1 Å². The number of sulfonamides is 1. The highest BCUT2D eigenvalue weighted by Crippen LogP contribution is 2.28. The van der Waals surface area contributed by atoms with Gasteiger partial charge in [0.25, 0.3) is 5.69 Å². The summed E-state index contributed by atoms with van der Waals surface area (Å²) in [6.07, 6.45) is 0.901. The molecule has 0 spiro atoms. The summed E-state index contributed by atoms with van der Waals surface area (Å²) in [5.74, 6) is -0.956. The van der Waals surface area contributed by atoms with Gasteiger partial charge in [0.2, 0.25) is 21.8 Å². The van der Waals surface area contributed by atoms with Crippen molar-refractivity contribution in [3.05, 3.63) is 67.7 Å². The number of carbonyl (C=O) groups is 2. The number of nitro groups is 1. The average molecular weight is 573 g/mol. The van der Waals surface area contributed by atoms with E-state index in [1.165, 1.54) is 30.0 Å². The first-order chi connectivity index (χ1) is 17.1. The standard InChI is InChI=1S/C24H30Cl2N4O6S/c1-15(2)12-27-24(32)17(4)28(13-18-7-8-19(25)10-21(18)26)23(31)14-29(37(5,35)36)22-11-20(30(33)34)9-6-16(22)3/h6-11,15,17H,12-14H2,1-5H3,(H,27,32). The smallest absolute Gasteiger partial charge is 0.271 e. The molecule has 0 saturated heterocycles. The normalized spacial score (nSPS) is 12.2. The summed E-state index contributed by atoms with van der Waals surface area (Å²) in [6.45, 7) is 6.55. The van der Waals surface area contributed by atoms with Crippen molar-refractivity contribution >= 4 is 56.4 Å². The molecule has 1 N–H and O–H groups in total. The van der Waals surface area contributed by atoms with E-state index >= 15 is 0 Å². The fraction of sp³-hybridized carbons (Fsp3) is 0.417. The maximum Gasteiger partial charge on any atom is 0.271 e. The average Bonchev–Trinajstić information content (AvgIpc) is 2.79. The molecule has 0 aliphatic rings. The zero-order valence-electron chi connectivity index (χ0n) is 21.2. The van der Waals surface area contributed by atoms with Crippen LogP contribution in [0, 0.1) is 23.0 Å². The minimum atomic E-state index is -4.05. The van der Waals surface area contributed by atoms with Gasteiger partial charge in [-0.05, 0) is 43.0 Å². The van der Waals surface area contributed by atoms with Crippen LogP contribution in [0.2, 0.25) is 10.0 Å². The monoisotopic (exact) mass is 572 g/mol. The van der Waals surface area contributed by atoms with Gasteiger partial charge in [-0.1, -0.05) is 49.2 Å². The van der Waals surface area contributed by atoms with Gasteiger partial charge < -0.3 is 10.2 Å². The maximum absolute atomic E-state index is 13.6. The molecule has 1 atom stereocenters. The van der Waals surface area contributed by atoms with Crippen LogP contribution in [-0.4, -0.2) is 55.4 Å². The minimum Gasteiger partial charge on any atom is -0.354 e. The highest BCUT2D eigenvalue weighted by Gasteiger charge is 2.31. The van der Waals surface area contributed by atoms with Gasteiger partial charge in [-0.2, -0.15) is 0 Å². The molecule has 2 rings (SSSR count). The van der Waals surface area contributed by atoms with E-state index in [0.29, 0.717) is 22.7 Å². The third-order valence-corrected chi connectivity index (χ3v) is 7.27. The van der Waals surface area contributed by atoms with Crippen LogP contribution in [0.1, 0.15) is 31.9 Å². The van der Waals surface area contributed by atoms with Crippen molar-refractivity contribution in [3.8, 4) is 0 Å². The molecular formula is C24H30Cl2N4O6S. The van der Waals surface area contributed by atoms with E-state index in [-0.39, 0.29) is 28.9 Å². The first-order valence-corrected chi connectivity index (χ1v) is 14.0. The van der Waals surface area contributed by atoms with Crippen molar-refractivity contribution in [1.82, 2.24) is 10.2 Å². The summed E-state index contributed by atoms with van der Waals surface area (Å²) in [7, 11) is -4.05. The predicted molar refractivity (Wildman–Crippen MR) is 144 cm³/mol. The molecule has 2 aromatic carbocycles. The Labute approximate surface area is 226 Å². The van der Waals surface area contributed by atoms with Gasteiger partial charge in [0.1, 0.15) is 12.6 Å². The fourth-order valence-corrected chi connectivity index (χ4v) is 4.81. The molecule has 0 fully saturated rings. The number of amides is 2. The Hall–Kier alpha value is -2.89. The van der Waals surface area contributed by atoms with E-state index in [1.54, 1.807) is 19.1 Å². The highest BCUT2D eigenvalue weighted by molar-refractivity contribution is 7.92. The van der Waals surface area contributed by atoms with E-state index in [1.807, 2.05) is 13.8 Å². The van der Waals surface area contributed by atoms with Crippen molar-refractivity contribution < 1.29 is 22.9 Å². The number of carbonyl (C=O) groups excluding carboxylic acids is 2. The van der Waals surface area contributed by atoms with Crippen LogP contribution in [0.15, 0.2) is 36.4 Å². The van der Waals surface area contributed by atoms with E-state index < -0.39 is 39.3 Å². The summed E-state index contributed by atoms with van der Waals surface area (Å²) in [4.78, 5) is 38.4. The topological polar surface area (TPSA) is 130 Å². The molecule has 1 unspecified atom stereocenters. The highest BCUT2D eigenvalue weighted by atomic mass is 35.5. The molecule has 0 aliphatic carbocycles. The minimum absolute atomic E-state index is 0.00793. The van der Waals surface area contributed by atoms with Gasteiger partial charge in [-0.15, -0.1) is 0 Å². The SMILES string of the molecule is Cc1ccc([N+](=O)[O-])cc1N(CC(=O)N(Cc1ccc(Cl)cc1Cl)C(C)C(=O)NCC(C)C)S(C)(=O)=O.